The van der Waals surface area contributed by atoms with Gasteiger partial charge in [0.25, 0.3) is 6.47 Å². The Kier molecular flexibility index (Phi) is 5.70. The number of thioether (sulfide) groups is 1. The average Bonchev–Trinajstić information content (AvgIpc) is 2.72. The van der Waals surface area contributed by atoms with Gasteiger partial charge in [0.15, 0.2) is 0 Å². The summed E-state index contributed by atoms with van der Waals surface area (Å²) in [6, 6.07) is 0. The molecule has 2 atom stereocenters. The van der Waals surface area contributed by atoms with Crippen molar-refractivity contribution in [1.29, 1.82) is 0 Å². The van der Waals surface area contributed by atoms with Crippen LogP contribution in [0, 0.1) is 0 Å². The van der Waals surface area contributed by atoms with Gasteiger partial charge in [-0.3, -0.25) is 4.79 Å². The first-order valence-corrected chi connectivity index (χ1v) is 7.18. The van der Waals surface area contributed by atoms with Crippen LogP contribution in [-0.4, -0.2) is 53.2 Å². The van der Waals surface area contributed by atoms with E-state index in [1.54, 1.807) is 0 Å². The normalized spacial score (nSPS) is 25.3. The predicted octanol–water partition coefficient (Wildman–Crippen LogP) is 0.553. The Morgan fingerprint density at radius 1 is 1.39 bits per heavy atom. The van der Waals surface area contributed by atoms with E-state index in [1.807, 2.05) is 0 Å². The van der Waals surface area contributed by atoms with Gasteiger partial charge < -0.3 is 14.2 Å². The summed E-state index contributed by atoms with van der Waals surface area (Å²) in [7, 11) is 2.45. The Balaban J connectivity index is 2.91. The lowest BCUT2D eigenvalue weighted by atomic mass is 10.0. The van der Waals surface area contributed by atoms with Gasteiger partial charge in [0, 0.05) is 3.92 Å². The minimum atomic E-state index is -1.35. The third kappa shape index (κ3) is 2.90. The zero-order chi connectivity index (χ0) is 13.8. The second kappa shape index (κ2) is 6.60. The fraction of sp³-hybridized carbons (Fsp3) is 0.700. The van der Waals surface area contributed by atoms with E-state index in [2.05, 4.69) is 32.1 Å². The van der Waals surface area contributed by atoms with Gasteiger partial charge in [0.1, 0.15) is 6.61 Å². The summed E-state index contributed by atoms with van der Waals surface area (Å²) in [5.74, 6) is -1.26. The maximum Gasteiger partial charge on any atom is 0.333 e. The van der Waals surface area contributed by atoms with Crippen LogP contribution in [0.2, 0.25) is 0 Å². The van der Waals surface area contributed by atoms with Gasteiger partial charge in [-0.05, 0) is 6.42 Å². The molecule has 1 heterocycles. The topological polar surface area (TPSA) is 78.9 Å². The van der Waals surface area contributed by atoms with E-state index >= 15 is 0 Å². The molecule has 0 aromatic carbocycles. The lowest BCUT2D eigenvalue weighted by Crippen LogP contribution is -2.43. The van der Waals surface area contributed by atoms with Crippen molar-refractivity contribution in [2.75, 3.05) is 20.8 Å². The molecule has 1 rings (SSSR count). The maximum atomic E-state index is 11.8. The molecule has 0 radical (unpaired) electrons. The van der Waals surface area contributed by atoms with Gasteiger partial charge in [0.2, 0.25) is 4.75 Å². The summed E-state index contributed by atoms with van der Waals surface area (Å²) in [6.07, 6.45) is 0.296. The molecule has 0 saturated carbocycles. The first-order valence-electron chi connectivity index (χ1n) is 5.05. The third-order valence-corrected chi connectivity index (χ3v) is 6.06. The number of halogens is 1. The van der Waals surface area contributed by atoms with E-state index in [0.29, 0.717) is 12.9 Å². The molecular weight excluding hydrogens is 375 g/mol. The van der Waals surface area contributed by atoms with E-state index in [9.17, 15) is 14.4 Å². The first-order chi connectivity index (χ1) is 8.51. The highest BCUT2D eigenvalue weighted by molar-refractivity contribution is 14.1. The maximum absolute atomic E-state index is 11.8. The van der Waals surface area contributed by atoms with E-state index < -0.39 is 16.7 Å². The number of hydrogen-bond donors (Lipinski definition) is 0. The number of alkyl halides is 1. The highest BCUT2D eigenvalue weighted by Gasteiger charge is 2.58. The summed E-state index contributed by atoms with van der Waals surface area (Å²) in [5.41, 5.74) is 0. The Hall–Kier alpha value is -0.510. The van der Waals surface area contributed by atoms with Crippen molar-refractivity contribution in [1.82, 2.24) is 0 Å². The quantitative estimate of drug-likeness (QED) is 0.170. The van der Waals surface area contributed by atoms with Crippen LogP contribution in [0.5, 0.6) is 0 Å². The third-order valence-electron chi connectivity index (χ3n) is 2.60. The number of esters is 2. The smallest absolute Gasteiger partial charge is 0.333 e. The van der Waals surface area contributed by atoms with Crippen molar-refractivity contribution in [3.63, 3.8) is 0 Å². The van der Waals surface area contributed by atoms with Crippen LogP contribution >= 0.6 is 34.4 Å². The van der Waals surface area contributed by atoms with Crippen LogP contribution in [0.15, 0.2) is 0 Å². The molecular formula is C10H13IO6S. The van der Waals surface area contributed by atoms with E-state index in [-0.39, 0.29) is 15.8 Å². The lowest BCUT2D eigenvalue weighted by molar-refractivity contribution is -0.155. The average molecular weight is 388 g/mol. The Bertz CT molecular complexity index is 331. The van der Waals surface area contributed by atoms with Gasteiger partial charge in [-0.1, -0.05) is 22.6 Å². The van der Waals surface area contributed by atoms with E-state index in [1.165, 1.54) is 14.2 Å². The number of carbonyl (C=O) groups excluding carboxylic acids is 3. The van der Waals surface area contributed by atoms with Crippen LogP contribution in [0.25, 0.3) is 0 Å². The molecule has 0 aromatic rings. The zero-order valence-corrected chi connectivity index (χ0v) is 12.9. The molecule has 1 aliphatic heterocycles. The number of ether oxygens (including phenoxy) is 3. The van der Waals surface area contributed by atoms with Crippen molar-refractivity contribution in [2.24, 2.45) is 0 Å². The number of carbonyl (C=O) groups is 3. The van der Waals surface area contributed by atoms with Crippen LogP contribution < -0.4 is 0 Å². The van der Waals surface area contributed by atoms with Crippen LogP contribution in [-0.2, 0) is 28.6 Å². The zero-order valence-electron chi connectivity index (χ0n) is 9.88. The molecule has 6 nitrogen and oxygen atoms in total. The number of methoxy groups -OCH3 is 2. The molecule has 0 spiro atoms. The SMILES string of the molecule is COC(=O)C1(C(=O)OC)C[C@H](I)[C@H](COC=O)S1. The summed E-state index contributed by atoms with van der Waals surface area (Å²) in [4.78, 5) is 33.9. The lowest BCUT2D eigenvalue weighted by Gasteiger charge is -2.22. The van der Waals surface area contributed by atoms with Crippen molar-refractivity contribution in [2.45, 2.75) is 20.3 Å². The van der Waals surface area contributed by atoms with E-state index in [4.69, 9.17) is 4.74 Å². The Morgan fingerprint density at radius 2 is 1.94 bits per heavy atom. The first kappa shape index (κ1) is 15.5. The molecule has 1 aliphatic rings. The molecule has 0 amide bonds. The minimum Gasteiger partial charge on any atom is -0.468 e. The molecule has 8 heteroatoms. The molecule has 0 aliphatic carbocycles. The highest BCUT2D eigenvalue weighted by Crippen LogP contribution is 2.48. The van der Waals surface area contributed by atoms with Crippen LogP contribution in [0.1, 0.15) is 6.42 Å². The minimum absolute atomic E-state index is 0.00532. The molecule has 0 bridgehead atoms. The molecule has 0 unspecified atom stereocenters. The summed E-state index contributed by atoms with van der Waals surface area (Å²) >= 11 is 3.26. The van der Waals surface area contributed by atoms with Crippen molar-refractivity contribution in [3.8, 4) is 0 Å². The van der Waals surface area contributed by atoms with Crippen LogP contribution in [0.4, 0.5) is 0 Å². The van der Waals surface area contributed by atoms with Gasteiger partial charge >= 0.3 is 11.9 Å². The summed E-state index contributed by atoms with van der Waals surface area (Å²) < 4.78 is 12.7. The fourth-order valence-corrected chi connectivity index (χ4v) is 4.88. The van der Waals surface area contributed by atoms with Gasteiger partial charge in [-0.15, -0.1) is 11.8 Å². The molecule has 18 heavy (non-hydrogen) atoms. The largest absolute Gasteiger partial charge is 0.468 e. The number of rotatable bonds is 5. The standard InChI is InChI=1S/C10H13IO6S/c1-15-8(13)10(9(14)16-2)3-6(11)7(18-10)4-17-5-12/h5-7H,3-4H2,1-2H3/t6-,7-/m0/s1. The molecule has 1 fully saturated rings. The van der Waals surface area contributed by atoms with Gasteiger partial charge in [-0.2, -0.15) is 0 Å². The second-order valence-corrected chi connectivity index (χ2v) is 6.75. The summed E-state index contributed by atoms with van der Waals surface area (Å²) in [5, 5.41) is -0.144. The number of hydrogen-bond acceptors (Lipinski definition) is 7. The monoisotopic (exact) mass is 388 g/mol. The van der Waals surface area contributed by atoms with Crippen LogP contribution in [0.3, 0.4) is 0 Å². The molecule has 102 valence electrons. The molecule has 0 aromatic heterocycles. The van der Waals surface area contributed by atoms with E-state index in [0.717, 1.165) is 11.8 Å². The van der Waals surface area contributed by atoms with Crippen molar-refractivity contribution >= 4 is 52.8 Å². The summed E-state index contributed by atoms with van der Waals surface area (Å²) in [6.45, 7) is 0.498. The van der Waals surface area contributed by atoms with Gasteiger partial charge in [-0.25, -0.2) is 9.59 Å². The van der Waals surface area contributed by atoms with Crippen molar-refractivity contribution < 1.29 is 28.6 Å². The molecule has 0 N–H and O–H groups in total. The highest BCUT2D eigenvalue weighted by atomic mass is 127. The predicted molar refractivity (Wildman–Crippen MR) is 72.6 cm³/mol. The van der Waals surface area contributed by atoms with Gasteiger partial charge in [0.05, 0.1) is 19.5 Å². The second-order valence-electron chi connectivity index (χ2n) is 3.62. The molecule has 1 saturated heterocycles. The fourth-order valence-electron chi connectivity index (χ4n) is 1.73. The van der Waals surface area contributed by atoms with Crippen molar-refractivity contribution in [3.05, 3.63) is 0 Å². The Labute approximate surface area is 122 Å². The Morgan fingerprint density at radius 3 is 2.39 bits per heavy atom.